The third kappa shape index (κ3) is 6.66. The maximum absolute atomic E-state index is 13.6. The van der Waals surface area contributed by atoms with Gasteiger partial charge in [-0.1, -0.05) is 36.4 Å². The minimum absolute atomic E-state index is 0.0425. The van der Waals surface area contributed by atoms with Crippen molar-refractivity contribution >= 4 is 5.91 Å². The van der Waals surface area contributed by atoms with Crippen molar-refractivity contribution in [2.75, 3.05) is 13.7 Å². The van der Waals surface area contributed by atoms with Crippen LogP contribution in [0.1, 0.15) is 27.0 Å². The highest BCUT2D eigenvalue weighted by Crippen LogP contribution is 2.19. The van der Waals surface area contributed by atoms with Crippen molar-refractivity contribution in [1.82, 2.24) is 15.1 Å². The van der Waals surface area contributed by atoms with Gasteiger partial charge in [-0.3, -0.25) is 9.48 Å². The number of rotatable bonds is 10. The molecule has 0 saturated heterocycles. The molecular formula is C27H25F2N3O3. The first-order valence-electron chi connectivity index (χ1n) is 11.1. The van der Waals surface area contributed by atoms with Gasteiger partial charge in [-0.2, -0.15) is 0 Å². The number of aromatic nitrogens is 2. The highest BCUT2D eigenvalue weighted by Gasteiger charge is 2.18. The summed E-state index contributed by atoms with van der Waals surface area (Å²) in [5.74, 6) is -0.192. The smallest absolute Gasteiger partial charge is 0.258 e. The molecule has 0 aliphatic rings. The molecule has 0 saturated carbocycles. The van der Waals surface area contributed by atoms with Crippen LogP contribution in [-0.4, -0.2) is 29.3 Å². The zero-order valence-electron chi connectivity index (χ0n) is 19.2. The number of nitrogens with zero attached hydrogens (tertiary/aromatic N) is 2. The zero-order valence-corrected chi connectivity index (χ0v) is 19.2. The Morgan fingerprint density at radius 2 is 1.63 bits per heavy atom. The summed E-state index contributed by atoms with van der Waals surface area (Å²) in [5.41, 5.74) is 2.59. The molecule has 1 aromatic heterocycles. The number of carbonyl (C=O) groups excluding carboxylic acids is 1. The van der Waals surface area contributed by atoms with Crippen LogP contribution in [0.5, 0.6) is 11.6 Å². The molecule has 8 heteroatoms. The Balaban J connectivity index is 1.46. The Morgan fingerprint density at radius 3 is 2.31 bits per heavy atom. The summed E-state index contributed by atoms with van der Waals surface area (Å²) in [5, 5.41) is 7.27. The molecule has 0 radical (unpaired) electrons. The number of hydrogen-bond acceptors (Lipinski definition) is 4. The van der Waals surface area contributed by atoms with E-state index >= 15 is 0 Å². The standard InChI is InChI=1S/C27H25F2N3O3/c1-34-24-10-8-19(9-11-24)12-13-30-26(33)25-17-32(16-20-4-2-6-22(28)14-20)31-27(25)35-18-21-5-3-7-23(29)15-21/h2-11,14-15,17H,12-13,16,18H2,1H3,(H,30,33). The first kappa shape index (κ1) is 23.9. The Kier molecular flexibility index (Phi) is 7.72. The van der Waals surface area contributed by atoms with E-state index < -0.39 is 0 Å². The lowest BCUT2D eigenvalue weighted by Crippen LogP contribution is -2.25. The van der Waals surface area contributed by atoms with Crippen LogP contribution in [0, 0.1) is 11.6 Å². The number of amides is 1. The molecule has 0 unspecified atom stereocenters. The highest BCUT2D eigenvalue weighted by molar-refractivity contribution is 5.96. The predicted octanol–water partition coefficient (Wildman–Crippen LogP) is 4.77. The largest absolute Gasteiger partial charge is 0.497 e. The maximum atomic E-state index is 13.6. The SMILES string of the molecule is COc1ccc(CCNC(=O)c2cn(Cc3cccc(F)c3)nc2OCc2cccc(F)c2)cc1. The van der Waals surface area contributed by atoms with Crippen molar-refractivity contribution in [2.24, 2.45) is 0 Å². The van der Waals surface area contributed by atoms with Crippen LogP contribution in [0.3, 0.4) is 0 Å². The molecule has 0 aliphatic heterocycles. The van der Waals surface area contributed by atoms with Crippen molar-refractivity contribution in [3.63, 3.8) is 0 Å². The number of benzene rings is 3. The van der Waals surface area contributed by atoms with E-state index in [0.29, 0.717) is 24.1 Å². The molecular weight excluding hydrogens is 452 g/mol. The van der Waals surface area contributed by atoms with Crippen molar-refractivity contribution in [3.8, 4) is 11.6 Å². The highest BCUT2D eigenvalue weighted by atomic mass is 19.1. The van der Waals surface area contributed by atoms with E-state index in [2.05, 4.69) is 10.4 Å². The quantitative estimate of drug-likeness (QED) is 0.357. The average molecular weight is 478 g/mol. The van der Waals surface area contributed by atoms with E-state index in [1.54, 1.807) is 37.6 Å². The van der Waals surface area contributed by atoms with E-state index in [9.17, 15) is 13.6 Å². The molecule has 0 aliphatic carbocycles. The summed E-state index contributed by atoms with van der Waals surface area (Å²) in [4.78, 5) is 13.0. The Morgan fingerprint density at radius 1 is 0.943 bits per heavy atom. The minimum atomic E-state index is -0.376. The van der Waals surface area contributed by atoms with Gasteiger partial charge < -0.3 is 14.8 Å². The first-order valence-corrected chi connectivity index (χ1v) is 11.1. The van der Waals surface area contributed by atoms with E-state index in [1.807, 2.05) is 24.3 Å². The summed E-state index contributed by atoms with van der Waals surface area (Å²) in [6, 6.07) is 19.8. The van der Waals surface area contributed by atoms with Crippen LogP contribution < -0.4 is 14.8 Å². The van der Waals surface area contributed by atoms with Gasteiger partial charge in [0.2, 0.25) is 5.88 Å². The van der Waals surface area contributed by atoms with Crippen molar-refractivity contribution in [3.05, 3.63) is 113 Å². The summed E-state index contributed by atoms with van der Waals surface area (Å²) >= 11 is 0. The number of ether oxygens (including phenoxy) is 2. The van der Waals surface area contributed by atoms with Gasteiger partial charge in [0.05, 0.1) is 13.7 Å². The fourth-order valence-electron chi connectivity index (χ4n) is 3.56. The van der Waals surface area contributed by atoms with Gasteiger partial charge in [0.1, 0.15) is 29.6 Å². The normalized spacial score (nSPS) is 10.7. The number of halogens is 2. The van der Waals surface area contributed by atoms with Gasteiger partial charge in [0.15, 0.2) is 0 Å². The van der Waals surface area contributed by atoms with Crippen LogP contribution in [0.2, 0.25) is 0 Å². The van der Waals surface area contributed by atoms with Gasteiger partial charge in [-0.05, 0) is 59.5 Å². The molecule has 0 bridgehead atoms. The minimum Gasteiger partial charge on any atom is -0.497 e. The summed E-state index contributed by atoms with van der Waals surface area (Å²) < 4.78 is 39.6. The molecule has 1 N–H and O–H groups in total. The molecule has 0 spiro atoms. The lowest BCUT2D eigenvalue weighted by molar-refractivity contribution is 0.0949. The van der Waals surface area contributed by atoms with E-state index in [-0.39, 0.29) is 42.1 Å². The predicted molar refractivity (Wildman–Crippen MR) is 127 cm³/mol. The average Bonchev–Trinajstić information content (AvgIpc) is 3.26. The van der Waals surface area contributed by atoms with Gasteiger partial charge >= 0.3 is 0 Å². The Hall–Kier alpha value is -4.20. The number of nitrogens with one attached hydrogen (secondary N) is 1. The summed E-state index contributed by atoms with van der Waals surface area (Å²) in [6.07, 6.45) is 2.20. The van der Waals surface area contributed by atoms with Gasteiger partial charge in [-0.25, -0.2) is 8.78 Å². The number of carbonyl (C=O) groups is 1. The molecule has 4 aromatic rings. The van der Waals surface area contributed by atoms with Crippen molar-refractivity contribution in [2.45, 2.75) is 19.6 Å². The fourth-order valence-corrected chi connectivity index (χ4v) is 3.56. The Bertz CT molecular complexity index is 1290. The number of methoxy groups -OCH3 is 1. The van der Waals surface area contributed by atoms with Crippen LogP contribution >= 0.6 is 0 Å². The maximum Gasteiger partial charge on any atom is 0.258 e. The van der Waals surface area contributed by atoms with Gasteiger partial charge in [0, 0.05) is 12.7 Å². The Labute approximate surface area is 202 Å². The topological polar surface area (TPSA) is 65.4 Å². The van der Waals surface area contributed by atoms with E-state index in [4.69, 9.17) is 9.47 Å². The fraction of sp³-hybridized carbons (Fsp3) is 0.185. The van der Waals surface area contributed by atoms with Crippen molar-refractivity contribution in [1.29, 1.82) is 0 Å². The van der Waals surface area contributed by atoms with Crippen LogP contribution in [0.15, 0.2) is 79.0 Å². The molecule has 35 heavy (non-hydrogen) atoms. The third-order valence-corrected chi connectivity index (χ3v) is 5.33. The van der Waals surface area contributed by atoms with Crippen LogP contribution in [0.4, 0.5) is 8.78 Å². The molecule has 6 nitrogen and oxygen atoms in total. The molecule has 4 rings (SSSR count). The molecule has 1 amide bonds. The lowest BCUT2D eigenvalue weighted by Gasteiger charge is -2.08. The second-order valence-corrected chi connectivity index (χ2v) is 7.95. The monoisotopic (exact) mass is 477 g/mol. The van der Waals surface area contributed by atoms with Crippen LogP contribution in [0.25, 0.3) is 0 Å². The zero-order chi connectivity index (χ0) is 24.6. The third-order valence-electron chi connectivity index (χ3n) is 5.33. The lowest BCUT2D eigenvalue weighted by atomic mass is 10.1. The summed E-state index contributed by atoms with van der Waals surface area (Å²) in [7, 11) is 1.61. The second-order valence-electron chi connectivity index (χ2n) is 7.95. The van der Waals surface area contributed by atoms with E-state index in [1.165, 1.54) is 28.9 Å². The van der Waals surface area contributed by atoms with Crippen molar-refractivity contribution < 1.29 is 23.0 Å². The summed E-state index contributed by atoms with van der Waals surface area (Å²) in [6.45, 7) is 0.706. The molecule has 3 aromatic carbocycles. The number of hydrogen-bond donors (Lipinski definition) is 1. The van der Waals surface area contributed by atoms with Gasteiger partial charge in [-0.15, -0.1) is 5.10 Å². The van der Waals surface area contributed by atoms with Gasteiger partial charge in [0.25, 0.3) is 5.91 Å². The molecule has 0 atom stereocenters. The molecule has 1 heterocycles. The molecule has 0 fully saturated rings. The second kappa shape index (κ2) is 11.3. The molecule has 180 valence electrons. The first-order chi connectivity index (χ1) is 17.0. The van der Waals surface area contributed by atoms with E-state index in [0.717, 1.165) is 11.3 Å². The van der Waals surface area contributed by atoms with Crippen LogP contribution in [-0.2, 0) is 19.6 Å².